The topological polar surface area (TPSA) is 31.4 Å². The Kier molecular flexibility index (Phi) is 4.44. The number of rotatable bonds is 4. The Labute approximate surface area is 91.6 Å². The highest BCUT2D eigenvalue weighted by molar-refractivity contribution is 14.1. The van der Waals surface area contributed by atoms with Crippen LogP contribution in [-0.4, -0.2) is 25.3 Å². The van der Waals surface area contributed by atoms with E-state index >= 15 is 0 Å². The van der Waals surface area contributed by atoms with Crippen LogP contribution in [0.3, 0.4) is 0 Å². The maximum atomic E-state index is 5.34. The molecule has 4 heteroatoms. The van der Waals surface area contributed by atoms with Crippen molar-refractivity contribution in [2.24, 2.45) is 0 Å². The molecule has 1 aromatic rings. The van der Waals surface area contributed by atoms with Crippen LogP contribution >= 0.6 is 22.6 Å². The van der Waals surface area contributed by atoms with Gasteiger partial charge in [0.05, 0.1) is 6.61 Å². The standard InChI is InChI=1S/C9H12INO2/c1-7-6-11-9(5-8(7)10)13-4-3-12-2/h5-6H,3-4H2,1-2H3. The van der Waals surface area contributed by atoms with E-state index in [1.165, 1.54) is 9.13 Å². The van der Waals surface area contributed by atoms with Crippen LogP contribution in [-0.2, 0) is 4.74 Å². The molecule has 0 aliphatic heterocycles. The van der Waals surface area contributed by atoms with E-state index in [2.05, 4.69) is 27.6 Å². The second kappa shape index (κ2) is 5.39. The molecule has 0 radical (unpaired) electrons. The summed E-state index contributed by atoms with van der Waals surface area (Å²) in [5.41, 5.74) is 1.17. The Hall–Kier alpha value is -0.360. The van der Waals surface area contributed by atoms with E-state index in [1.54, 1.807) is 7.11 Å². The van der Waals surface area contributed by atoms with E-state index in [0.29, 0.717) is 19.1 Å². The number of methoxy groups -OCH3 is 1. The summed E-state index contributed by atoms with van der Waals surface area (Å²) >= 11 is 2.26. The highest BCUT2D eigenvalue weighted by atomic mass is 127. The summed E-state index contributed by atoms with van der Waals surface area (Å²) in [5, 5.41) is 0. The third kappa shape index (κ3) is 3.48. The van der Waals surface area contributed by atoms with E-state index in [9.17, 15) is 0 Å². The number of pyridine rings is 1. The fourth-order valence-electron chi connectivity index (χ4n) is 0.790. The van der Waals surface area contributed by atoms with Crippen LogP contribution in [0, 0.1) is 10.5 Å². The van der Waals surface area contributed by atoms with Crippen LogP contribution in [0.5, 0.6) is 5.88 Å². The minimum Gasteiger partial charge on any atom is -0.475 e. The summed E-state index contributed by atoms with van der Waals surface area (Å²) in [4.78, 5) is 4.13. The third-order valence-corrected chi connectivity index (χ3v) is 2.71. The van der Waals surface area contributed by atoms with E-state index in [4.69, 9.17) is 9.47 Å². The molecule has 1 aromatic heterocycles. The zero-order valence-corrected chi connectivity index (χ0v) is 9.87. The van der Waals surface area contributed by atoms with Gasteiger partial charge in [0.2, 0.25) is 5.88 Å². The molecule has 3 nitrogen and oxygen atoms in total. The number of ether oxygens (including phenoxy) is 2. The lowest BCUT2D eigenvalue weighted by Crippen LogP contribution is -2.05. The monoisotopic (exact) mass is 293 g/mol. The van der Waals surface area contributed by atoms with Gasteiger partial charge in [0, 0.05) is 22.9 Å². The highest BCUT2D eigenvalue weighted by Gasteiger charge is 1.98. The lowest BCUT2D eigenvalue weighted by molar-refractivity contribution is 0.143. The molecule has 72 valence electrons. The van der Waals surface area contributed by atoms with E-state index in [0.717, 1.165) is 0 Å². The fraction of sp³-hybridized carbons (Fsp3) is 0.444. The number of hydrogen-bond acceptors (Lipinski definition) is 3. The Morgan fingerprint density at radius 2 is 2.23 bits per heavy atom. The van der Waals surface area contributed by atoms with E-state index < -0.39 is 0 Å². The van der Waals surface area contributed by atoms with Crippen molar-refractivity contribution in [1.82, 2.24) is 4.98 Å². The third-order valence-electron chi connectivity index (χ3n) is 1.55. The largest absolute Gasteiger partial charge is 0.475 e. The first-order valence-corrected chi connectivity index (χ1v) is 5.06. The molecule has 0 N–H and O–H groups in total. The van der Waals surface area contributed by atoms with Gasteiger partial charge in [-0.1, -0.05) is 0 Å². The molecule has 0 amide bonds. The van der Waals surface area contributed by atoms with Gasteiger partial charge in [-0.05, 0) is 35.1 Å². The van der Waals surface area contributed by atoms with Crippen molar-refractivity contribution in [3.8, 4) is 5.88 Å². The molecule has 0 spiro atoms. The van der Waals surface area contributed by atoms with Crippen molar-refractivity contribution in [1.29, 1.82) is 0 Å². The Bertz CT molecular complexity index is 278. The Morgan fingerprint density at radius 3 is 2.85 bits per heavy atom. The van der Waals surface area contributed by atoms with Gasteiger partial charge in [-0.2, -0.15) is 0 Å². The normalized spacial score (nSPS) is 10.1. The molecule has 0 saturated heterocycles. The average molecular weight is 293 g/mol. The van der Waals surface area contributed by atoms with Crippen molar-refractivity contribution in [3.63, 3.8) is 0 Å². The molecule has 0 saturated carbocycles. The first-order chi connectivity index (χ1) is 6.24. The fourth-order valence-corrected chi connectivity index (χ4v) is 1.20. The van der Waals surface area contributed by atoms with Crippen molar-refractivity contribution in [3.05, 3.63) is 21.4 Å². The Balaban J connectivity index is 2.53. The second-order valence-electron chi connectivity index (χ2n) is 2.61. The van der Waals surface area contributed by atoms with Crippen LogP contribution in [0.15, 0.2) is 12.3 Å². The summed E-state index contributed by atoms with van der Waals surface area (Å²) in [5.74, 6) is 0.659. The van der Waals surface area contributed by atoms with Crippen LogP contribution in [0.4, 0.5) is 0 Å². The number of halogens is 1. The zero-order valence-electron chi connectivity index (χ0n) is 7.71. The summed E-state index contributed by atoms with van der Waals surface area (Å²) in [6.07, 6.45) is 1.81. The smallest absolute Gasteiger partial charge is 0.214 e. The molecule has 0 fully saturated rings. The molecule has 0 aliphatic carbocycles. The maximum absolute atomic E-state index is 5.34. The average Bonchev–Trinajstić information content (AvgIpc) is 2.12. The molecule has 0 aromatic carbocycles. The van der Waals surface area contributed by atoms with Crippen molar-refractivity contribution in [2.45, 2.75) is 6.92 Å². The summed E-state index contributed by atoms with van der Waals surface area (Å²) in [6.45, 7) is 3.16. The first kappa shape index (κ1) is 10.7. The molecule has 0 bridgehead atoms. The van der Waals surface area contributed by atoms with Gasteiger partial charge >= 0.3 is 0 Å². The molecule has 13 heavy (non-hydrogen) atoms. The highest BCUT2D eigenvalue weighted by Crippen LogP contribution is 2.15. The summed E-state index contributed by atoms with van der Waals surface area (Å²) in [7, 11) is 1.65. The number of hydrogen-bond donors (Lipinski definition) is 0. The van der Waals surface area contributed by atoms with Crippen LogP contribution in [0.1, 0.15) is 5.56 Å². The quantitative estimate of drug-likeness (QED) is 0.628. The SMILES string of the molecule is COCCOc1cc(I)c(C)cn1. The lowest BCUT2D eigenvalue weighted by atomic mass is 10.3. The predicted octanol–water partition coefficient (Wildman–Crippen LogP) is 2.02. The van der Waals surface area contributed by atoms with E-state index in [1.807, 2.05) is 19.2 Å². The Morgan fingerprint density at radius 1 is 1.46 bits per heavy atom. The number of aryl methyl sites for hydroxylation is 1. The van der Waals surface area contributed by atoms with Gasteiger partial charge in [0.25, 0.3) is 0 Å². The van der Waals surface area contributed by atoms with Gasteiger partial charge in [-0.25, -0.2) is 4.98 Å². The number of nitrogens with zero attached hydrogens (tertiary/aromatic N) is 1. The van der Waals surface area contributed by atoms with Gasteiger partial charge in [0.1, 0.15) is 6.61 Å². The molecule has 0 unspecified atom stereocenters. The molecule has 1 rings (SSSR count). The van der Waals surface area contributed by atoms with Gasteiger partial charge in [-0.15, -0.1) is 0 Å². The van der Waals surface area contributed by atoms with Crippen molar-refractivity contribution >= 4 is 22.6 Å². The molecule has 0 atom stereocenters. The van der Waals surface area contributed by atoms with Crippen LogP contribution < -0.4 is 4.74 Å². The van der Waals surface area contributed by atoms with Gasteiger partial charge in [-0.3, -0.25) is 0 Å². The molecular weight excluding hydrogens is 281 g/mol. The minimum atomic E-state index is 0.544. The van der Waals surface area contributed by atoms with Crippen LogP contribution in [0.2, 0.25) is 0 Å². The number of aromatic nitrogens is 1. The van der Waals surface area contributed by atoms with Crippen molar-refractivity contribution in [2.75, 3.05) is 20.3 Å². The molecular formula is C9H12INO2. The molecule has 1 heterocycles. The summed E-state index contributed by atoms with van der Waals surface area (Å²) in [6, 6.07) is 1.92. The predicted molar refractivity (Wildman–Crippen MR) is 59.1 cm³/mol. The minimum absolute atomic E-state index is 0.544. The zero-order chi connectivity index (χ0) is 9.68. The van der Waals surface area contributed by atoms with E-state index in [-0.39, 0.29) is 0 Å². The molecule has 0 aliphatic rings. The maximum Gasteiger partial charge on any atom is 0.214 e. The van der Waals surface area contributed by atoms with Crippen molar-refractivity contribution < 1.29 is 9.47 Å². The first-order valence-electron chi connectivity index (χ1n) is 3.98. The van der Waals surface area contributed by atoms with Crippen LogP contribution in [0.25, 0.3) is 0 Å². The van der Waals surface area contributed by atoms with Gasteiger partial charge < -0.3 is 9.47 Å². The second-order valence-corrected chi connectivity index (χ2v) is 3.78. The van der Waals surface area contributed by atoms with Gasteiger partial charge in [0.15, 0.2) is 0 Å². The lowest BCUT2D eigenvalue weighted by Gasteiger charge is -2.05. The summed E-state index contributed by atoms with van der Waals surface area (Å²) < 4.78 is 11.4.